The first-order chi connectivity index (χ1) is 12.8. The smallest absolute Gasteiger partial charge is 0.203 e. The molecule has 0 bridgehead atoms. The Morgan fingerprint density at radius 2 is 2.00 bits per heavy atom. The molecule has 0 fully saturated rings. The van der Waals surface area contributed by atoms with Gasteiger partial charge in [-0.05, 0) is 35.0 Å². The highest BCUT2D eigenvalue weighted by Gasteiger charge is 2.05. The Balaban J connectivity index is 1.51. The van der Waals surface area contributed by atoms with E-state index >= 15 is 0 Å². The summed E-state index contributed by atoms with van der Waals surface area (Å²) in [6.07, 6.45) is 1.56. The van der Waals surface area contributed by atoms with Gasteiger partial charge in [-0.2, -0.15) is 5.10 Å². The average Bonchev–Trinajstić information content (AvgIpc) is 3.39. The molecule has 2 heterocycles. The van der Waals surface area contributed by atoms with E-state index < -0.39 is 0 Å². The van der Waals surface area contributed by atoms with Gasteiger partial charge in [-0.25, -0.2) is 9.67 Å². The van der Waals surface area contributed by atoms with Crippen molar-refractivity contribution in [2.75, 3.05) is 5.43 Å². The zero-order chi connectivity index (χ0) is 17.8. The molecule has 26 heavy (non-hydrogen) atoms. The van der Waals surface area contributed by atoms with Gasteiger partial charge in [0, 0.05) is 10.9 Å². The molecule has 0 unspecified atom stereocenters. The quantitative estimate of drug-likeness (QED) is 0.434. The molecule has 1 N–H and O–H groups in total. The average molecular weight is 361 g/mol. The number of benzene rings is 2. The lowest BCUT2D eigenvalue weighted by Crippen LogP contribution is -2.02. The molecule has 7 nitrogen and oxygen atoms in total. The van der Waals surface area contributed by atoms with Crippen molar-refractivity contribution in [1.82, 2.24) is 25.2 Å². The second-order valence-corrected chi connectivity index (χ2v) is 6.38. The van der Waals surface area contributed by atoms with Crippen LogP contribution in [0.5, 0.6) is 0 Å². The number of nitrogens with zero attached hydrogens (tertiary/aromatic N) is 6. The highest BCUT2D eigenvalue weighted by Crippen LogP contribution is 2.24. The summed E-state index contributed by atoms with van der Waals surface area (Å²) in [6.45, 7) is 1.94. The standard InChI is InChI=1S/C18H15N7S/c1-13(15-8-5-9-16(10-15)25-12-19-23-24-25)21-22-18-20-17(11-26-18)14-6-3-2-4-7-14/h2-12H,1H3,(H,20,22)/b21-13-. The van der Waals surface area contributed by atoms with E-state index in [2.05, 4.69) is 31.0 Å². The Kier molecular flexibility index (Phi) is 4.48. The minimum Gasteiger partial charge on any atom is -0.252 e. The van der Waals surface area contributed by atoms with Crippen molar-refractivity contribution < 1.29 is 0 Å². The van der Waals surface area contributed by atoms with Crippen molar-refractivity contribution in [3.8, 4) is 16.9 Å². The minimum absolute atomic E-state index is 0.750. The fraction of sp³-hybridized carbons (Fsp3) is 0.0556. The summed E-state index contributed by atoms with van der Waals surface area (Å²) in [5.41, 5.74) is 7.76. The third-order valence-electron chi connectivity index (χ3n) is 3.77. The Labute approximate surface area is 154 Å². The number of aromatic nitrogens is 5. The SMILES string of the molecule is C/C(=N/Nc1nc(-c2ccccc2)cs1)c1cccc(-n2cnnn2)c1. The van der Waals surface area contributed by atoms with Gasteiger partial charge in [0.1, 0.15) is 6.33 Å². The number of anilines is 1. The summed E-state index contributed by atoms with van der Waals surface area (Å²) in [5.74, 6) is 0. The summed E-state index contributed by atoms with van der Waals surface area (Å²) in [5, 5.41) is 18.4. The number of tetrazole rings is 1. The fourth-order valence-electron chi connectivity index (χ4n) is 2.42. The largest absolute Gasteiger partial charge is 0.252 e. The van der Waals surface area contributed by atoms with Gasteiger partial charge < -0.3 is 0 Å². The lowest BCUT2D eigenvalue weighted by Gasteiger charge is -2.04. The topological polar surface area (TPSA) is 80.9 Å². The number of hydrogen-bond acceptors (Lipinski definition) is 7. The first kappa shape index (κ1) is 16.1. The number of rotatable bonds is 5. The third kappa shape index (κ3) is 3.50. The van der Waals surface area contributed by atoms with Crippen LogP contribution in [0.4, 0.5) is 5.13 Å². The molecule has 4 aromatic rings. The van der Waals surface area contributed by atoms with Crippen molar-refractivity contribution in [3.05, 3.63) is 71.9 Å². The maximum Gasteiger partial charge on any atom is 0.203 e. The molecule has 0 aliphatic heterocycles. The zero-order valence-electron chi connectivity index (χ0n) is 13.9. The first-order valence-corrected chi connectivity index (χ1v) is 8.82. The molecule has 2 aromatic heterocycles. The first-order valence-electron chi connectivity index (χ1n) is 7.94. The van der Waals surface area contributed by atoms with E-state index in [0.717, 1.165) is 33.4 Å². The van der Waals surface area contributed by atoms with E-state index in [-0.39, 0.29) is 0 Å². The van der Waals surface area contributed by atoms with Gasteiger partial charge in [-0.3, -0.25) is 5.43 Å². The summed E-state index contributed by atoms with van der Waals surface area (Å²) in [6, 6.07) is 17.9. The van der Waals surface area contributed by atoms with Gasteiger partial charge >= 0.3 is 0 Å². The van der Waals surface area contributed by atoms with Crippen LogP contribution in [0.3, 0.4) is 0 Å². The van der Waals surface area contributed by atoms with Gasteiger partial charge in [0.05, 0.1) is 17.1 Å². The van der Waals surface area contributed by atoms with E-state index in [1.807, 2.05) is 66.9 Å². The number of hydrazone groups is 1. The molecule has 0 spiro atoms. The molecule has 8 heteroatoms. The van der Waals surface area contributed by atoms with Crippen LogP contribution in [-0.2, 0) is 0 Å². The van der Waals surface area contributed by atoms with E-state index in [4.69, 9.17) is 0 Å². The van der Waals surface area contributed by atoms with Crippen LogP contribution in [0.15, 0.2) is 71.4 Å². The molecule has 0 saturated heterocycles. The lowest BCUT2D eigenvalue weighted by atomic mass is 10.1. The van der Waals surface area contributed by atoms with Gasteiger partial charge in [0.25, 0.3) is 0 Å². The second kappa shape index (κ2) is 7.24. The molecule has 0 radical (unpaired) electrons. The number of nitrogens with one attached hydrogen (secondary N) is 1. The Morgan fingerprint density at radius 3 is 2.81 bits per heavy atom. The van der Waals surface area contributed by atoms with Crippen LogP contribution in [0.25, 0.3) is 16.9 Å². The van der Waals surface area contributed by atoms with E-state index in [1.165, 1.54) is 11.3 Å². The molecule has 0 atom stereocenters. The molecular weight excluding hydrogens is 346 g/mol. The van der Waals surface area contributed by atoms with Crippen molar-refractivity contribution in [2.24, 2.45) is 5.10 Å². The zero-order valence-corrected chi connectivity index (χ0v) is 14.8. The van der Waals surface area contributed by atoms with Crippen LogP contribution in [0, 0.1) is 0 Å². The maximum atomic E-state index is 4.57. The minimum atomic E-state index is 0.750. The molecule has 2 aromatic carbocycles. The summed E-state index contributed by atoms with van der Waals surface area (Å²) in [7, 11) is 0. The Bertz CT molecular complexity index is 1020. The van der Waals surface area contributed by atoms with Crippen molar-refractivity contribution in [1.29, 1.82) is 0 Å². The van der Waals surface area contributed by atoms with Crippen molar-refractivity contribution in [3.63, 3.8) is 0 Å². The second-order valence-electron chi connectivity index (χ2n) is 5.52. The summed E-state index contributed by atoms with van der Waals surface area (Å²) in [4.78, 5) is 4.57. The molecule has 0 amide bonds. The van der Waals surface area contributed by atoms with Gasteiger partial charge in [0.15, 0.2) is 0 Å². The third-order valence-corrected chi connectivity index (χ3v) is 4.52. The normalized spacial score (nSPS) is 11.5. The van der Waals surface area contributed by atoms with E-state index in [1.54, 1.807) is 11.0 Å². The predicted octanol–water partition coefficient (Wildman–Crippen LogP) is 3.62. The van der Waals surface area contributed by atoms with Crippen LogP contribution < -0.4 is 5.43 Å². The highest BCUT2D eigenvalue weighted by molar-refractivity contribution is 7.14. The van der Waals surface area contributed by atoms with Crippen molar-refractivity contribution >= 4 is 22.2 Å². The lowest BCUT2D eigenvalue weighted by molar-refractivity contribution is 0.789. The Morgan fingerprint density at radius 1 is 1.12 bits per heavy atom. The van der Waals surface area contributed by atoms with Crippen LogP contribution in [-0.4, -0.2) is 30.9 Å². The Hall–Kier alpha value is -3.39. The molecule has 4 rings (SSSR count). The van der Waals surface area contributed by atoms with Crippen LogP contribution in [0.2, 0.25) is 0 Å². The maximum absolute atomic E-state index is 4.57. The molecule has 0 aliphatic rings. The number of thiazole rings is 1. The van der Waals surface area contributed by atoms with E-state index in [0.29, 0.717) is 0 Å². The van der Waals surface area contributed by atoms with E-state index in [9.17, 15) is 0 Å². The monoisotopic (exact) mass is 361 g/mol. The molecule has 128 valence electrons. The number of hydrogen-bond donors (Lipinski definition) is 1. The van der Waals surface area contributed by atoms with Crippen molar-refractivity contribution in [2.45, 2.75) is 6.92 Å². The fourth-order valence-corrected chi connectivity index (χ4v) is 3.08. The summed E-state index contributed by atoms with van der Waals surface area (Å²) >= 11 is 1.52. The molecular formula is C18H15N7S. The predicted molar refractivity (Wildman–Crippen MR) is 103 cm³/mol. The van der Waals surface area contributed by atoms with Gasteiger partial charge in [-0.1, -0.05) is 42.5 Å². The molecule has 0 saturated carbocycles. The summed E-state index contributed by atoms with van der Waals surface area (Å²) < 4.78 is 1.61. The highest BCUT2D eigenvalue weighted by atomic mass is 32.1. The van der Waals surface area contributed by atoms with Gasteiger partial charge in [-0.15, -0.1) is 16.4 Å². The van der Waals surface area contributed by atoms with Crippen LogP contribution >= 0.6 is 11.3 Å². The molecule has 0 aliphatic carbocycles. The van der Waals surface area contributed by atoms with Crippen LogP contribution in [0.1, 0.15) is 12.5 Å². The van der Waals surface area contributed by atoms with Gasteiger partial charge in [0.2, 0.25) is 5.13 Å².